The Bertz CT molecular complexity index is 342. The fourth-order valence-electron chi connectivity index (χ4n) is 1.68. The van der Waals surface area contributed by atoms with Crippen LogP contribution in [0.1, 0.15) is 31.9 Å². The molecule has 1 atom stereocenters. The molecular formula is C13H21NO. The maximum atomic E-state index is 10.6. The summed E-state index contributed by atoms with van der Waals surface area (Å²) in [4.78, 5) is 0. The minimum atomic E-state index is -0.896. The first kappa shape index (κ1) is 12.2. The van der Waals surface area contributed by atoms with Crippen molar-refractivity contribution < 1.29 is 5.11 Å². The Balaban J connectivity index is 3.22. The first-order chi connectivity index (χ1) is 6.83. The van der Waals surface area contributed by atoms with Gasteiger partial charge in [0.15, 0.2) is 0 Å². The molecule has 3 N–H and O–H groups in total. The molecule has 0 amide bonds. The number of aliphatic hydroxyl groups is 1. The third kappa shape index (κ3) is 2.06. The number of nitrogens with two attached hydrogens (primary N) is 1. The molecule has 0 saturated carbocycles. The van der Waals surface area contributed by atoms with E-state index in [1.807, 2.05) is 52.0 Å². The summed E-state index contributed by atoms with van der Waals surface area (Å²) in [7, 11) is 0. The fourth-order valence-corrected chi connectivity index (χ4v) is 1.68. The Morgan fingerprint density at radius 3 is 2.20 bits per heavy atom. The van der Waals surface area contributed by atoms with Crippen molar-refractivity contribution in [2.75, 3.05) is 6.54 Å². The maximum absolute atomic E-state index is 10.6. The normalized spacial score (nSPS) is 16.1. The van der Waals surface area contributed by atoms with E-state index in [-0.39, 0.29) is 5.41 Å². The Labute approximate surface area is 92.1 Å². The highest BCUT2D eigenvalue weighted by Gasteiger charge is 2.40. The Morgan fingerprint density at radius 1 is 1.20 bits per heavy atom. The molecule has 1 unspecified atom stereocenters. The zero-order chi connectivity index (χ0) is 11.7. The van der Waals surface area contributed by atoms with E-state index in [1.54, 1.807) is 0 Å². The second kappa shape index (κ2) is 3.95. The largest absolute Gasteiger partial charge is 0.385 e. The molecule has 0 fully saturated rings. The lowest BCUT2D eigenvalue weighted by Gasteiger charge is -2.40. The summed E-state index contributed by atoms with van der Waals surface area (Å²) in [6.07, 6.45) is 0. The summed E-state index contributed by atoms with van der Waals surface area (Å²) >= 11 is 0. The van der Waals surface area contributed by atoms with Gasteiger partial charge in [-0.05, 0) is 25.0 Å². The standard InChI is InChI=1S/C13H21NO/c1-10-7-5-6-8-11(10)13(4,15)12(2,3)9-14/h5-8,15H,9,14H2,1-4H3. The number of hydrogen-bond donors (Lipinski definition) is 2. The van der Waals surface area contributed by atoms with E-state index in [0.29, 0.717) is 6.54 Å². The highest BCUT2D eigenvalue weighted by Crippen LogP contribution is 2.39. The van der Waals surface area contributed by atoms with Gasteiger partial charge in [-0.1, -0.05) is 38.1 Å². The minimum absolute atomic E-state index is 0.334. The van der Waals surface area contributed by atoms with Gasteiger partial charge in [0.2, 0.25) is 0 Å². The number of hydrogen-bond acceptors (Lipinski definition) is 2. The van der Waals surface area contributed by atoms with Crippen molar-refractivity contribution in [3.8, 4) is 0 Å². The second-order valence-electron chi connectivity index (χ2n) is 4.98. The van der Waals surface area contributed by atoms with Gasteiger partial charge in [-0.15, -0.1) is 0 Å². The molecule has 1 rings (SSSR count). The lowest BCUT2D eigenvalue weighted by molar-refractivity contribution is -0.0526. The van der Waals surface area contributed by atoms with Crippen LogP contribution in [0.25, 0.3) is 0 Å². The average molecular weight is 207 g/mol. The van der Waals surface area contributed by atoms with Crippen LogP contribution in [0.5, 0.6) is 0 Å². The van der Waals surface area contributed by atoms with E-state index in [4.69, 9.17) is 5.73 Å². The van der Waals surface area contributed by atoms with Crippen LogP contribution in [0.2, 0.25) is 0 Å². The zero-order valence-corrected chi connectivity index (χ0v) is 10.0. The lowest BCUT2D eigenvalue weighted by Crippen LogP contribution is -2.44. The van der Waals surface area contributed by atoms with E-state index in [2.05, 4.69) is 0 Å². The van der Waals surface area contributed by atoms with Crippen LogP contribution in [0.15, 0.2) is 24.3 Å². The summed E-state index contributed by atoms with van der Waals surface area (Å²) in [5.74, 6) is 0. The topological polar surface area (TPSA) is 46.2 Å². The van der Waals surface area contributed by atoms with Crippen molar-refractivity contribution in [2.45, 2.75) is 33.3 Å². The Kier molecular flexibility index (Phi) is 3.22. The van der Waals surface area contributed by atoms with Crippen LogP contribution < -0.4 is 5.73 Å². The molecule has 15 heavy (non-hydrogen) atoms. The molecule has 2 heteroatoms. The van der Waals surface area contributed by atoms with E-state index >= 15 is 0 Å². The molecule has 0 saturated heterocycles. The quantitative estimate of drug-likeness (QED) is 0.798. The van der Waals surface area contributed by atoms with E-state index in [0.717, 1.165) is 11.1 Å². The van der Waals surface area contributed by atoms with E-state index in [9.17, 15) is 5.11 Å². The van der Waals surface area contributed by atoms with E-state index < -0.39 is 5.60 Å². The number of rotatable bonds is 3. The third-order valence-corrected chi connectivity index (χ3v) is 3.50. The molecule has 84 valence electrons. The van der Waals surface area contributed by atoms with Crippen molar-refractivity contribution in [3.05, 3.63) is 35.4 Å². The Morgan fingerprint density at radius 2 is 1.73 bits per heavy atom. The molecule has 0 spiro atoms. The molecule has 0 aliphatic heterocycles. The van der Waals surface area contributed by atoms with Crippen LogP contribution >= 0.6 is 0 Å². The van der Waals surface area contributed by atoms with Gasteiger partial charge in [-0.2, -0.15) is 0 Å². The monoisotopic (exact) mass is 207 g/mol. The number of benzene rings is 1. The molecule has 0 heterocycles. The molecule has 1 aromatic rings. The minimum Gasteiger partial charge on any atom is -0.385 e. The van der Waals surface area contributed by atoms with Crippen molar-refractivity contribution >= 4 is 0 Å². The van der Waals surface area contributed by atoms with E-state index in [1.165, 1.54) is 0 Å². The first-order valence-corrected chi connectivity index (χ1v) is 5.31. The average Bonchev–Trinajstić information content (AvgIpc) is 2.18. The van der Waals surface area contributed by atoms with Gasteiger partial charge >= 0.3 is 0 Å². The fraction of sp³-hybridized carbons (Fsp3) is 0.538. The predicted octanol–water partition coefficient (Wildman–Crippen LogP) is 2.19. The second-order valence-corrected chi connectivity index (χ2v) is 4.98. The molecule has 0 aliphatic rings. The molecule has 0 radical (unpaired) electrons. The molecule has 0 aliphatic carbocycles. The maximum Gasteiger partial charge on any atom is 0.0933 e. The predicted molar refractivity (Wildman–Crippen MR) is 63.6 cm³/mol. The van der Waals surface area contributed by atoms with Crippen LogP contribution in [0, 0.1) is 12.3 Å². The summed E-state index contributed by atoms with van der Waals surface area (Å²) in [6, 6.07) is 7.90. The zero-order valence-electron chi connectivity index (χ0n) is 10.0. The molecular weight excluding hydrogens is 186 g/mol. The van der Waals surface area contributed by atoms with Gasteiger partial charge in [0.25, 0.3) is 0 Å². The highest BCUT2D eigenvalue weighted by atomic mass is 16.3. The number of aryl methyl sites for hydroxylation is 1. The summed E-state index contributed by atoms with van der Waals surface area (Å²) in [5.41, 5.74) is 6.55. The van der Waals surface area contributed by atoms with Gasteiger partial charge in [0.05, 0.1) is 5.60 Å². The van der Waals surface area contributed by atoms with Gasteiger partial charge in [0, 0.05) is 12.0 Å². The smallest absolute Gasteiger partial charge is 0.0933 e. The molecule has 1 aromatic carbocycles. The van der Waals surface area contributed by atoms with Gasteiger partial charge in [-0.3, -0.25) is 0 Å². The third-order valence-electron chi connectivity index (χ3n) is 3.50. The van der Waals surface area contributed by atoms with Crippen molar-refractivity contribution in [2.24, 2.45) is 11.1 Å². The summed E-state index contributed by atoms with van der Waals surface area (Å²) in [5, 5.41) is 10.6. The summed E-state index contributed by atoms with van der Waals surface area (Å²) < 4.78 is 0. The first-order valence-electron chi connectivity index (χ1n) is 5.31. The lowest BCUT2D eigenvalue weighted by atomic mass is 9.71. The highest BCUT2D eigenvalue weighted by molar-refractivity contribution is 5.32. The van der Waals surface area contributed by atoms with Gasteiger partial charge < -0.3 is 10.8 Å². The molecule has 0 aromatic heterocycles. The van der Waals surface area contributed by atoms with Gasteiger partial charge in [-0.25, -0.2) is 0 Å². The molecule has 0 bridgehead atoms. The van der Waals surface area contributed by atoms with Crippen LogP contribution in [0.4, 0.5) is 0 Å². The SMILES string of the molecule is Cc1ccccc1C(C)(O)C(C)(C)CN. The van der Waals surface area contributed by atoms with Gasteiger partial charge in [0.1, 0.15) is 0 Å². The molecule has 2 nitrogen and oxygen atoms in total. The van der Waals surface area contributed by atoms with Crippen LogP contribution in [0.3, 0.4) is 0 Å². The van der Waals surface area contributed by atoms with Crippen LogP contribution in [-0.4, -0.2) is 11.7 Å². The van der Waals surface area contributed by atoms with Crippen molar-refractivity contribution in [1.29, 1.82) is 0 Å². The van der Waals surface area contributed by atoms with Crippen molar-refractivity contribution in [3.63, 3.8) is 0 Å². The van der Waals surface area contributed by atoms with Crippen LogP contribution in [-0.2, 0) is 5.60 Å². The van der Waals surface area contributed by atoms with Crippen molar-refractivity contribution in [1.82, 2.24) is 0 Å². The summed E-state index contributed by atoms with van der Waals surface area (Å²) in [6.45, 7) is 8.27. The Hall–Kier alpha value is -0.860.